The van der Waals surface area contributed by atoms with Crippen LogP contribution in [0.25, 0.3) is 10.9 Å². The molecule has 0 amide bonds. The molecule has 2 saturated carbocycles. The molecule has 5 nitrogen and oxygen atoms in total. The summed E-state index contributed by atoms with van der Waals surface area (Å²) in [6.07, 6.45) is 3.92. The molecule has 0 spiro atoms. The Labute approximate surface area is 115 Å². The minimum Gasteiger partial charge on any atom is -0.374 e. The summed E-state index contributed by atoms with van der Waals surface area (Å²) in [7, 11) is 1.96. The van der Waals surface area contributed by atoms with Crippen LogP contribution in [-0.2, 0) is 11.8 Å². The lowest BCUT2D eigenvalue weighted by molar-refractivity contribution is -0.383. The number of aryl methyl sites for hydroxylation is 1. The lowest BCUT2D eigenvalue weighted by Crippen LogP contribution is -2.09. The fraction of sp³-hybridized carbons (Fsp3) is 0.467. The Bertz CT molecular complexity index is 752. The molecule has 0 unspecified atom stereocenters. The van der Waals surface area contributed by atoms with E-state index in [-0.39, 0.29) is 16.7 Å². The van der Waals surface area contributed by atoms with Crippen molar-refractivity contribution in [2.45, 2.75) is 24.5 Å². The van der Waals surface area contributed by atoms with Gasteiger partial charge in [0.1, 0.15) is 0 Å². The summed E-state index contributed by atoms with van der Waals surface area (Å²) in [5.41, 5.74) is 2.28. The molecule has 2 aliphatic heterocycles. The van der Waals surface area contributed by atoms with E-state index in [0.717, 1.165) is 22.9 Å². The van der Waals surface area contributed by atoms with Gasteiger partial charge < -0.3 is 9.30 Å². The average Bonchev–Trinajstić information content (AvgIpc) is 2.91. The number of rotatable bonds is 2. The molecule has 1 aromatic heterocycles. The van der Waals surface area contributed by atoms with Crippen LogP contribution in [0.3, 0.4) is 0 Å². The molecule has 1 aromatic carbocycles. The van der Waals surface area contributed by atoms with Crippen molar-refractivity contribution in [3.63, 3.8) is 0 Å². The Morgan fingerprint density at radius 1 is 1.45 bits per heavy atom. The quantitative estimate of drug-likeness (QED) is 0.622. The minimum absolute atomic E-state index is 0.222. The van der Waals surface area contributed by atoms with E-state index in [2.05, 4.69) is 6.20 Å². The number of ether oxygens (including phenoxy) is 1. The zero-order valence-electron chi connectivity index (χ0n) is 11.0. The first-order valence-corrected chi connectivity index (χ1v) is 7.04. The fourth-order valence-electron chi connectivity index (χ4n) is 4.60. The van der Waals surface area contributed by atoms with Crippen LogP contribution in [-0.4, -0.2) is 21.7 Å². The van der Waals surface area contributed by atoms with Gasteiger partial charge in [0.2, 0.25) is 0 Å². The number of benzene rings is 1. The van der Waals surface area contributed by atoms with Gasteiger partial charge >= 0.3 is 0 Å². The number of aromatic nitrogens is 1. The number of fused-ring (bicyclic) bond motifs is 1. The van der Waals surface area contributed by atoms with Crippen molar-refractivity contribution in [3.05, 3.63) is 40.1 Å². The summed E-state index contributed by atoms with van der Waals surface area (Å²) in [4.78, 5) is 11.1. The highest BCUT2D eigenvalue weighted by Crippen LogP contribution is 2.69. The number of hydrogen-bond donors (Lipinski definition) is 0. The SMILES string of the molecule is Cn1cc([C@H]2[C@@H]3[C@@H]4C[C@H]2O[C@@H]43)c2c([N+](=O)[O-])cccc21. The monoisotopic (exact) mass is 270 g/mol. The molecule has 102 valence electrons. The second-order valence-electron chi connectivity index (χ2n) is 6.27. The topological polar surface area (TPSA) is 57.3 Å². The molecular formula is C15H14N2O3. The zero-order chi connectivity index (χ0) is 13.6. The lowest BCUT2D eigenvalue weighted by atomic mass is 9.92. The molecule has 3 heterocycles. The second-order valence-corrected chi connectivity index (χ2v) is 6.27. The number of non-ortho nitro benzene ring substituents is 1. The molecule has 5 heteroatoms. The fourth-order valence-corrected chi connectivity index (χ4v) is 4.60. The van der Waals surface area contributed by atoms with Gasteiger partial charge in [0, 0.05) is 31.1 Å². The maximum absolute atomic E-state index is 11.3. The van der Waals surface area contributed by atoms with Crippen molar-refractivity contribution in [3.8, 4) is 0 Å². The molecule has 20 heavy (non-hydrogen) atoms. The predicted octanol–water partition coefficient (Wildman–Crippen LogP) is 2.59. The van der Waals surface area contributed by atoms with Gasteiger partial charge in [0.25, 0.3) is 5.69 Å². The van der Waals surface area contributed by atoms with E-state index in [1.807, 2.05) is 17.7 Å². The summed E-state index contributed by atoms with van der Waals surface area (Å²) in [6.45, 7) is 0. The number of nitro benzene ring substituents is 1. The highest BCUT2D eigenvalue weighted by Gasteiger charge is 2.71. The zero-order valence-corrected chi connectivity index (χ0v) is 11.0. The van der Waals surface area contributed by atoms with E-state index in [4.69, 9.17) is 4.74 Å². The van der Waals surface area contributed by atoms with Gasteiger partial charge in [0.15, 0.2) is 0 Å². The first kappa shape index (κ1) is 10.9. The van der Waals surface area contributed by atoms with Crippen LogP contribution < -0.4 is 0 Å². The molecule has 2 saturated heterocycles. The Morgan fingerprint density at radius 2 is 2.30 bits per heavy atom. The lowest BCUT2D eigenvalue weighted by Gasteiger charge is -2.12. The second kappa shape index (κ2) is 3.23. The summed E-state index contributed by atoms with van der Waals surface area (Å²) in [5.74, 6) is 1.67. The molecule has 0 N–H and O–H groups in total. The largest absolute Gasteiger partial charge is 0.374 e. The van der Waals surface area contributed by atoms with E-state index in [0.29, 0.717) is 23.9 Å². The van der Waals surface area contributed by atoms with E-state index in [1.54, 1.807) is 12.1 Å². The third kappa shape index (κ3) is 1.09. The van der Waals surface area contributed by atoms with Crippen LogP contribution in [0.2, 0.25) is 0 Å². The molecular weight excluding hydrogens is 256 g/mol. The molecule has 2 aliphatic carbocycles. The molecule has 4 fully saturated rings. The van der Waals surface area contributed by atoms with Gasteiger partial charge in [-0.1, -0.05) is 6.07 Å². The number of nitrogens with zero attached hydrogens (tertiary/aromatic N) is 2. The third-order valence-electron chi connectivity index (χ3n) is 5.38. The summed E-state index contributed by atoms with van der Waals surface area (Å²) >= 11 is 0. The molecule has 4 aliphatic rings. The van der Waals surface area contributed by atoms with Crippen molar-refractivity contribution in [1.29, 1.82) is 0 Å². The maximum atomic E-state index is 11.3. The van der Waals surface area contributed by atoms with Crippen LogP contribution in [0.5, 0.6) is 0 Å². The summed E-state index contributed by atoms with van der Waals surface area (Å²) in [5, 5.41) is 12.2. The van der Waals surface area contributed by atoms with E-state index in [9.17, 15) is 10.1 Å². The van der Waals surface area contributed by atoms with Crippen molar-refractivity contribution in [1.82, 2.24) is 4.57 Å². The summed E-state index contributed by atoms with van der Waals surface area (Å²) < 4.78 is 7.96. The molecule has 4 bridgehead atoms. The van der Waals surface area contributed by atoms with Crippen molar-refractivity contribution < 1.29 is 9.66 Å². The molecule has 6 rings (SSSR count). The van der Waals surface area contributed by atoms with E-state index >= 15 is 0 Å². The Morgan fingerprint density at radius 3 is 2.90 bits per heavy atom. The van der Waals surface area contributed by atoms with Crippen LogP contribution in [0.15, 0.2) is 24.4 Å². The minimum atomic E-state index is -0.267. The predicted molar refractivity (Wildman–Crippen MR) is 72.6 cm³/mol. The Balaban J connectivity index is 1.78. The van der Waals surface area contributed by atoms with E-state index < -0.39 is 0 Å². The average molecular weight is 270 g/mol. The van der Waals surface area contributed by atoms with Gasteiger partial charge in [-0.3, -0.25) is 10.1 Å². The van der Waals surface area contributed by atoms with Crippen LogP contribution in [0.1, 0.15) is 17.9 Å². The maximum Gasteiger partial charge on any atom is 0.279 e. The first-order chi connectivity index (χ1) is 9.66. The Hall–Kier alpha value is -1.88. The first-order valence-electron chi connectivity index (χ1n) is 7.04. The van der Waals surface area contributed by atoms with Crippen LogP contribution in [0, 0.1) is 22.0 Å². The van der Waals surface area contributed by atoms with Gasteiger partial charge in [0.05, 0.1) is 28.0 Å². The van der Waals surface area contributed by atoms with Gasteiger partial charge in [-0.2, -0.15) is 0 Å². The third-order valence-corrected chi connectivity index (χ3v) is 5.38. The van der Waals surface area contributed by atoms with Gasteiger partial charge in [-0.25, -0.2) is 0 Å². The molecule has 5 atom stereocenters. The normalized spacial score (nSPS) is 36.8. The van der Waals surface area contributed by atoms with Gasteiger partial charge in [-0.05, 0) is 24.0 Å². The number of nitro groups is 1. The van der Waals surface area contributed by atoms with Crippen molar-refractivity contribution in [2.75, 3.05) is 0 Å². The highest BCUT2D eigenvalue weighted by molar-refractivity contribution is 5.93. The molecule has 2 aromatic rings. The standard InChI is InChI=1S/C15H14N2O3/c1-16-6-8(13-11-5-7-14(13)15(7)20-11)12-9(16)3-2-4-10(12)17(18)19/h2-4,6-7,11,13-15H,5H2,1H3/t7-,11+,13+,14-,15-/m0/s1. The Kier molecular flexibility index (Phi) is 1.75. The van der Waals surface area contributed by atoms with Gasteiger partial charge in [-0.15, -0.1) is 0 Å². The smallest absolute Gasteiger partial charge is 0.279 e. The number of hydrogen-bond acceptors (Lipinski definition) is 3. The molecule has 0 radical (unpaired) electrons. The van der Waals surface area contributed by atoms with Crippen LogP contribution in [0.4, 0.5) is 5.69 Å². The van der Waals surface area contributed by atoms with Crippen LogP contribution >= 0.6 is 0 Å². The van der Waals surface area contributed by atoms with E-state index in [1.165, 1.54) is 0 Å². The van der Waals surface area contributed by atoms with Crippen molar-refractivity contribution >= 4 is 16.6 Å². The highest BCUT2D eigenvalue weighted by atomic mass is 16.6. The van der Waals surface area contributed by atoms with Crippen molar-refractivity contribution in [2.24, 2.45) is 18.9 Å². The summed E-state index contributed by atoms with van der Waals surface area (Å²) in [6, 6.07) is 5.32.